The minimum atomic E-state index is -0.257. The van der Waals surface area contributed by atoms with Crippen LogP contribution in [0.5, 0.6) is 0 Å². The molecule has 0 bridgehead atoms. The first-order valence-electron chi connectivity index (χ1n) is 14.6. The van der Waals surface area contributed by atoms with Gasteiger partial charge in [-0.05, 0) is 63.2 Å². The molecule has 190 valence electrons. The second-order valence-corrected chi connectivity index (χ2v) is 11.5. The molecule has 1 aliphatic rings. The fraction of sp³-hybridized carbons (Fsp3) is 0.967. The van der Waals surface area contributed by atoms with Crippen LogP contribution in [0.25, 0.3) is 0 Å². The van der Waals surface area contributed by atoms with Crippen molar-refractivity contribution >= 4 is 5.97 Å². The Balaban J connectivity index is 2.69. The molecule has 1 rings (SSSR count). The fourth-order valence-corrected chi connectivity index (χ4v) is 5.68. The van der Waals surface area contributed by atoms with Crippen LogP contribution in [-0.4, -0.2) is 11.6 Å². The van der Waals surface area contributed by atoms with E-state index in [2.05, 4.69) is 41.5 Å². The van der Waals surface area contributed by atoms with Crippen molar-refractivity contribution in [3.05, 3.63) is 0 Å². The van der Waals surface area contributed by atoms with Crippen LogP contribution >= 0.6 is 0 Å². The van der Waals surface area contributed by atoms with Crippen molar-refractivity contribution in [2.45, 2.75) is 169 Å². The van der Waals surface area contributed by atoms with Crippen LogP contribution in [0.3, 0.4) is 0 Å². The molecule has 4 atom stereocenters. The predicted octanol–water partition coefficient (Wildman–Crippen LogP) is 10.0. The lowest BCUT2D eigenvalue weighted by Gasteiger charge is -2.32. The van der Waals surface area contributed by atoms with Crippen LogP contribution in [-0.2, 0) is 9.53 Å². The summed E-state index contributed by atoms with van der Waals surface area (Å²) in [5.74, 6) is 0.835. The Kier molecular flexibility index (Phi) is 14.9. The number of hydrogen-bond acceptors (Lipinski definition) is 2. The van der Waals surface area contributed by atoms with Gasteiger partial charge in [-0.1, -0.05) is 112 Å². The Bertz CT molecular complexity index is 487. The van der Waals surface area contributed by atoms with E-state index in [4.69, 9.17) is 4.74 Å². The minimum Gasteiger partial charge on any atom is -0.459 e. The third-order valence-electron chi connectivity index (χ3n) is 8.16. The molecule has 0 heterocycles. The van der Waals surface area contributed by atoms with Crippen molar-refractivity contribution in [3.63, 3.8) is 0 Å². The van der Waals surface area contributed by atoms with E-state index >= 15 is 0 Å². The Morgan fingerprint density at radius 3 is 1.56 bits per heavy atom. The Morgan fingerprint density at radius 1 is 0.656 bits per heavy atom. The topological polar surface area (TPSA) is 26.3 Å². The first-order valence-corrected chi connectivity index (χ1v) is 14.6. The molecular formula is C30H58O2. The van der Waals surface area contributed by atoms with Crippen LogP contribution in [0.1, 0.15) is 164 Å². The highest BCUT2D eigenvalue weighted by molar-refractivity contribution is 5.76. The Labute approximate surface area is 202 Å². The molecule has 4 unspecified atom stereocenters. The molecule has 0 spiro atoms. The summed E-state index contributed by atoms with van der Waals surface area (Å²) >= 11 is 0. The summed E-state index contributed by atoms with van der Waals surface area (Å²) in [6.45, 7) is 13.8. The van der Waals surface area contributed by atoms with Gasteiger partial charge in [-0.15, -0.1) is 0 Å². The SMILES string of the molecule is CCCCCCC(C)(CCCCC)OC(=O)C1CC1C(C)(CCCCC)CCCCCC. The van der Waals surface area contributed by atoms with Crippen molar-refractivity contribution in [2.75, 3.05) is 0 Å². The van der Waals surface area contributed by atoms with Crippen molar-refractivity contribution in [1.82, 2.24) is 0 Å². The summed E-state index contributed by atoms with van der Waals surface area (Å²) in [5, 5.41) is 0. The van der Waals surface area contributed by atoms with Gasteiger partial charge in [-0.3, -0.25) is 4.79 Å². The van der Waals surface area contributed by atoms with Crippen LogP contribution in [0.4, 0.5) is 0 Å². The van der Waals surface area contributed by atoms with Gasteiger partial charge < -0.3 is 4.74 Å². The summed E-state index contributed by atoms with van der Waals surface area (Å²) < 4.78 is 6.34. The van der Waals surface area contributed by atoms with Crippen LogP contribution < -0.4 is 0 Å². The van der Waals surface area contributed by atoms with E-state index in [-0.39, 0.29) is 17.5 Å². The third kappa shape index (κ3) is 11.1. The molecule has 32 heavy (non-hydrogen) atoms. The first kappa shape index (κ1) is 29.5. The highest BCUT2D eigenvalue weighted by Crippen LogP contribution is 2.56. The summed E-state index contributed by atoms with van der Waals surface area (Å²) in [6, 6.07) is 0. The molecule has 0 aromatic heterocycles. The van der Waals surface area contributed by atoms with Crippen molar-refractivity contribution in [1.29, 1.82) is 0 Å². The largest absolute Gasteiger partial charge is 0.459 e. The summed E-state index contributed by atoms with van der Waals surface area (Å²) in [7, 11) is 0. The standard InChI is InChI=1S/C30H58O2/c1-7-11-15-19-22-29(5,21-17-13-9-3)27-25-26(27)28(31)32-30(6,23-18-14-10-4)24-20-16-12-8-2/h26-27H,7-25H2,1-6H3. The summed E-state index contributed by atoms with van der Waals surface area (Å²) in [4.78, 5) is 13.3. The maximum Gasteiger partial charge on any atom is 0.309 e. The quantitative estimate of drug-likeness (QED) is 0.128. The molecule has 2 nitrogen and oxygen atoms in total. The highest BCUT2D eigenvalue weighted by atomic mass is 16.6. The number of unbranched alkanes of at least 4 members (excludes halogenated alkanes) is 10. The molecule has 1 fully saturated rings. The molecule has 0 N–H and O–H groups in total. The Morgan fingerprint density at radius 2 is 1.06 bits per heavy atom. The van der Waals surface area contributed by atoms with E-state index in [9.17, 15) is 4.79 Å². The minimum absolute atomic E-state index is 0.125. The van der Waals surface area contributed by atoms with Gasteiger partial charge in [0.05, 0.1) is 5.92 Å². The molecule has 1 aliphatic carbocycles. The van der Waals surface area contributed by atoms with E-state index < -0.39 is 0 Å². The molecular weight excluding hydrogens is 392 g/mol. The maximum atomic E-state index is 13.3. The molecule has 0 aliphatic heterocycles. The lowest BCUT2D eigenvalue weighted by Crippen LogP contribution is -2.33. The van der Waals surface area contributed by atoms with Crippen molar-refractivity contribution in [2.24, 2.45) is 17.3 Å². The first-order chi connectivity index (χ1) is 15.4. The monoisotopic (exact) mass is 450 g/mol. The van der Waals surface area contributed by atoms with Gasteiger partial charge in [0.1, 0.15) is 5.60 Å². The van der Waals surface area contributed by atoms with Crippen molar-refractivity contribution < 1.29 is 9.53 Å². The zero-order valence-corrected chi connectivity index (χ0v) is 22.9. The number of ether oxygens (including phenoxy) is 1. The van der Waals surface area contributed by atoms with Crippen LogP contribution in [0, 0.1) is 17.3 Å². The molecule has 0 radical (unpaired) electrons. The lowest BCUT2D eigenvalue weighted by molar-refractivity contribution is -0.162. The second kappa shape index (κ2) is 16.2. The smallest absolute Gasteiger partial charge is 0.309 e. The molecule has 0 amide bonds. The molecule has 2 heteroatoms. The van der Waals surface area contributed by atoms with Crippen LogP contribution in [0.15, 0.2) is 0 Å². The summed E-state index contributed by atoms with van der Waals surface area (Å²) in [6.07, 6.45) is 23.5. The van der Waals surface area contributed by atoms with Crippen molar-refractivity contribution in [3.8, 4) is 0 Å². The molecule has 0 aromatic carbocycles. The number of rotatable bonds is 21. The lowest BCUT2D eigenvalue weighted by atomic mass is 9.75. The number of esters is 1. The normalized spacial score (nSPS) is 21.7. The van der Waals surface area contributed by atoms with E-state index in [1.165, 1.54) is 103 Å². The van der Waals surface area contributed by atoms with Gasteiger partial charge >= 0.3 is 5.97 Å². The highest BCUT2D eigenvalue weighted by Gasteiger charge is 2.54. The second-order valence-electron chi connectivity index (χ2n) is 11.5. The predicted molar refractivity (Wildman–Crippen MR) is 140 cm³/mol. The van der Waals surface area contributed by atoms with E-state index in [0.717, 1.165) is 19.3 Å². The van der Waals surface area contributed by atoms with Crippen LogP contribution in [0.2, 0.25) is 0 Å². The zero-order chi connectivity index (χ0) is 23.9. The van der Waals surface area contributed by atoms with E-state index in [1.807, 2.05) is 0 Å². The molecule has 1 saturated carbocycles. The number of hydrogen-bond donors (Lipinski definition) is 0. The van der Waals surface area contributed by atoms with Gasteiger partial charge in [-0.2, -0.15) is 0 Å². The maximum absolute atomic E-state index is 13.3. The average Bonchev–Trinajstić information content (AvgIpc) is 3.57. The molecule has 0 saturated heterocycles. The van der Waals surface area contributed by atoms with Gasteiger partial charge in [0.25, 0.3) is 0 Å². The van der Waals surface area contributed by atoms with Gasteiger partial charge in [-0.25, -0.2) is 0 Å². The molecule has 0 aromatic rings. The van der Waals surface area contributed by atoms with Gasteiger partial charge in [0.15, 0.2) is 0 Å². The van der Waals surface area contributed by atoms with E-state index in [0.29, 0.717) is 11.3 Å². The van der Waals surface area contributed by atoms with Gasteiger partial charge in [0.2, 0.25) is 0 Å². The van der Waals surface area contributed by atoms with E-state index in [1.54, 1.807) is 0 Å². The fourth-order valence-electron chi connectivity index (χ4n) is 5.68. The third-order valence-corrected chi connectivity index (χ3v) is 8.16. The Hall–Kier alpha value is -0.530. The van der Waals surface area contributed by atoms with Gasteiger partial charge in [0, 0.05) is 0 Å². The summed E-state index contributed by atoms with van der Waals surface area (Å²) in [5.41, 5.74) is 0.0687. The average molecular weight is 451 g/mol. The zero-order valence-electron chi connectivity index (χ0n) is 22.9. The number of carbonyl (C=O) groups is 1. The number of carbonyl (C=O) groups excluding carboxylic acids is 1.